The molecule has 2 saturated heterocycles. The van der Waals surface area contributed by atoms with Crippen LogP contribution in [0.1, 0.15) is 5.56 Å². The third-order valence-electron chi connectivity index (χ3n) is 4.61. The number of rotatable bonds is 5. The van der Waals surface area contributed by atoms with E-state index in [4.69, 9.17) is 10.00 Å². The molecule has 0 aromatic carbocycles. The number of aliphatic hydroxyl groups is 1. The van der Waals surface area contributed by atoms with Crippen molar-refractivity contribution in [2.24, 2.45) is 0 Å². The van der Waals surface area contributed by atoms with Crippen LogP contribution in [0.2, 0.25) is 0 Å². The summed E-state index contributed by atoms with van der Waals surface area (Å²) in [6, 6.07) is 5.80. The first-order chi connectivity index (χ1) is 11.7. The van der Waals surface area contributed by atoms with Gasteiger partial charge in [-0.05, 0) is 12.1 Å². The standard InChI is InChI=1S/C17H25N5O2/c18-11-15-1-2-17(19-12-15)22-5-3-20(4-6-22)13-16(23)14-21-7-9-24-10-8-21/h1-2,12,16,23H,3-10,13-14H2. The van der Waals surface area contributed by atoms with E-state index in [0.29, 0.717) is 12.1 Å². The predicted octanol–water partition coefficient (Wildman–Crippen LogP) is -0.232. The molecule has 24 heavy (non-hydrogen) atoms. The van der Waals surface area contributed by atoms with Crippen LogP contribution in [0.4, 0.5) is 5.82 Å². The molecule has 2 aliphatic rings. The van der Waals surface area contributed by atoms with Crippen molar-refractivity contribution in [3.63, 3.8) is 0 Å². The Morgan fingerprint density at radius 3 is 2.33 bits per heavy atom. The van der Waals surface area contributed by atoms with Crippen molar-refractivity contribution >= 4 is 5.82 Å². The van der Waals surface area contributed by atoms with Crippen LogP contribution >= 0.6 is 0 Å². The number of pyridine rings is 1. The number of anilines is 1. The SMILES string of the molecule is N#Cc1ccc(N2CCN(CC(O)CN3CCOCC3)CC2)nc1. The highest BCUT2D eigenvalue weighted by atomic mass is 16.5. The molecule has 1 atom stereocenters. The average Bonchev–Trinajstić information content (AvgIpc) is 2.63. The van der Waals surface area contributed by atoms with Crippen LogP contribution in [0.15, 0.2) is 18.3 Å². The minimum absolute atomic E-state index is 0.317. The van der Waals surface area contributed by atoms with E-state index in [2.05, 4.69) is 25.8 Å². The highest BCUT2D eigenvalue weighted by molar-refractivity contribution is 5.42. The third kappa shape index (κ3) is 4.65. The number of hydrogen-bond acceptors (Lipinski definition) is 7. The fourth-order valence-electron chi connectivity index (χ4n) is 3.24. The zero-order valence-electron chi connectivity index (χ0n) is 14.0. The molecule has 1 unspecified atom stereocenters. The molecule has 0 spiro atoms. The number of piperazine rings is 1. The van der Waals surface area contributed by atoms with E-state index >= 15 is 0 Å². The molecule has 2 fully saturated rings. The average molecular weight is 331 g/mol. The highest BCUT2D eigenvalue weighted by Gasteiger charge is 2.22. The lowest BCUT2D eigenvalue weighted by Crippen LogP contribution is -2.51. The number of ether oxygens (including phenoxy) is 1. The summed E-state index contributed by atoms with van der Waals surface area (Å²) in [5, 5.41) is 19.1. The number of nitrogens with zero attached hydrogens (tertiary/aromatic N) is 5. The van der Waals surface area contributed by atoms with Gasteiger partial charge in [0, 0.05) is 58.6 Å². The Morgan fingerprint density at radius 1 is 1.08 bits per heavy atom. The van der Waals surface area contributed by atoms with E-state index in [0.717, 1.165) is 64.8 Å². The predicted molar refractivity (Wildman–Crippen MR) is 90.9 cm³/mol. The summed E-state index contributed by atoms with van der Waals surface area (Å²) in [5.41, 5.74) is 0.587. The number of morpholine rings is 1. The van der Waals surface area contributed by atoms with Crippen molar-refractivity contribution < 1.29 is 9.84 Å². The maximum absolute atomic E-state index is 10.3. The molecule has 3 rings (SSSR count). The lowest BCUT2D eigenvalue weighted by atomic mass is 10.2. The fraction of sp³-hybridized carbons (Fsp3) is 0.647. The van der Waals surface area contributed by atoms with Gasteiger partial charge in [-0.15, -0.1) is 0 Å². The van der Waals surface area contributed by atoms with Gasteiger partial charge in [0.15, 0.2) is 0 Å². The van der Waals surface area contributed by atoms with Crippen LogP contribution in [-0.4, -0.2) is 91.6 Å². The third-order valence-corrected chi connectivity index (χ3v) is 4.61. The van der Waals surface area contributed by atoms with Crippen molar-refractivity contribution in [1.82, 2.24) is 14.8 Å². The topological polar surface area (TPSA) is 75.9 Å². The van der Waals surface area contributed by atoms with Crippen LogP contribution in [0.3, 0.4) is 0 Å². The quantitative estimate of drug-likeness (QED) is 0.798. The van der Waals surface area contributed by atoms with Gasteiger partial charge in [0.25, 0.3) is 0 Å². The number of nitriles is 1. The fourth-order valence-corrected chi connectivity index (χ4v) is 3.24. The van der Waals surface area contributed by atoms with Crippen LogP contribution < -0.4 is 4.90 Å². The normalized spacial score (nSPS) is 21.4. The molecule has 1 aromatic heterocycles. The summed E-state index contributed by atoms with van der Waals surface area (Å²) >= 11 is 0. The van der Waals surface area contributed by atoms with Crippen LogP contribution in [0, 0.1) is 11.3 Å². The number of β-amino-alcohol motifs (C(OH)–C–C–N with tert-alkyl or cyclic N) is 1. The smallest absolute Gasteiger partial charge is 0.128 e. The lowest BCUT2D eigenvalue weighted by Gasteiger charge is -2.37. The first-order valence-corrected chi connectivity index (χ1v) is 8.56. The maximum Gasteiger partial charge on any atom is 0.128 e. The summed E-state index contributed by atoms with van der Waals surface area (Å²) in [5.74, 6) is 0.919. The number of aromatic nitrogens is 1. The van der Waals surface area contributed by atoms with Gasteiger partial charge in [-0.3, -0.25) is 9.80 Å². The number of aliphatic hydroxyl groups excluding tert-OH is 1. The molecule has 0 radical (unpaired) electrons. The number of hydrogen-bond donors (Lipinski definition) is 1. The Kier molecular flexibility index (Phi) is 5.99. The van der Waals surface area contributed by atoms with E-state index in [1.54, 1.807) is 12.3 Å². The second-order valence-corrected chi connectivity index (χ2v) is 6.37. The van der Waals surface area contributed by atoms with Crippen LogP contribution in [-0.2, 0) is 4.74 Å². The molecule has 7 nitrogen and oxygen atoms in total. The molecule has 3 heterocycles. The second kappa shape index (κ2) is 8.40. The first-order valence-electron chi connectivity index (χ1n) is 8.56. The molecule has 1 aromatic rings. The molecule has 7 heteroatoms. The Balaban J connectivity index is 1.42. The zero-order valence-corrected chi connectivity index (χ0v) is 14.0. The van der Waals surface area contributed by atoms with Gasteiger partial charge in [0.1, 0.15) is 11.9 Å². The molecule has 0 bridgehead atoms. The van der Waals surface area contributed by atoms with E-state index < -0.39 is 0 Å². The lowest BCUT2D eigenvalue weighted by molar-refractivity contribution is 0.00655. The second-order valence-electron chi connectivity index (χ2n) is 6.37. The van der Waals surface area contributed by atoms with Crippen LogP contribution in [0.25, 0.3) is 0 Å². The van der Waals surface area contributed by atoms with Gasteiger partial charge in [0.2, 0.25) is 0 Å². The van der Waals surface area contributed by atoms with Gasteiger partial charge >= 0.3 is 0 Å². The Morgan fingerprint density at radius 2 is 1.75 bits per heavy atom. The Hall–Kier alpha value is -1.72. The first kappa shape index (κ1) is 17.1. The van der Waals surface area contributed by atoms with E-state index in [9.17, 15) is 5.11 Å². The van der Waals surface area contributed by atoms with E-state index in [1.165, 1.54) is 0 Å². The highest BCUT2D eigenvalue weighted by Crippen LogP contribution is 2.14. The molecule has 0 saturated carbocycles. The summed E-state index contributed by atoms with van der Waals surface area (Å²) in [7, 11) is 0. The van der Waals surface area contributed by atoms with E-state index in [1.807, 2.05) is 6.07 Å². The summed E-state index contributed by atoms with van der Waals surface area (Å²) in [6.07, 6.45) is 1.30. The molecule has 0 aliphatic carbocycles. The van der Waals surface area contributed by atoms with Crippen molar-refractivity contribution in [2.45, 2.75) is 6.10 Å². The largest absolute Gasteiger partial charge is 0.390 e. The van der Waals surface area contributed by atoms with Gasteiger partial charge in [-0.1, -0.05) is 0 Å². The zero-order chi connectivity index (χ0) is 16.8. The summed E-state index contributed by atoms with van der Waals surface area (Å²) in [4.78, 5) is 11.2. The Labute approximate surface area is 143 Å². The molecular formula is C17H25N5O2. The van der Waals surface area contributed by atoms with Crippen molar-refractivity contribution in [3.05, 3.63) is 23.9 Å². The van der Waals surface area contributed by atoms with Gasteiger partial charge < -0.3 is 14.7 Å². The summed E-state index contributed by atoms with van der Waals surface area (Å²) in [6.45, 7) is 8.42. The van der Waals surface area contributed by atoms with Gasteiger partial charge in [-0.25, -0.2) is 4.98 Å². The summed E-state index contributed by atoms with van der Waals surface area (Å²) < 4.78 is 5.34. The molecule has 130 valence electrons. The molecule has 1 N–H and O–H groups in total. The Bertz CT molecular complexity index is 545. The van der Waals surface area contributed by atoms with Crippen molar-refractivity contribution in [3.8, 4) is 6.07 Å². The monoisotopic (exact) mass is 331 g/mol. The maximum atomic E-state index is 10.3. The van der Waals surface area contributed by atoms with Crippen molar-refractivity contribution in [1.29, 1.82) is 5.26 Å². The van der Waals surface area contributed by atoms with Gasteiger partial charge in [0.05, 0.1) is 24.9 Å². The molecular weight excluding hydrogens is 306 g/mol. The van der Waals surface area contributed by atoms with E-state index in [-0.39, 0.29) is 6.10 Å². The van der Waals surface area contributed by atoms with Crippen molar-refractivity contribution in [2.75, 3.05) is 70.5 Å². The molecule has 2 aliphatic heterocycles. The van der Waals surface area contributed by atoms with Crippen LogP contribution in [0.5, 0.6) is 0 Å². The minimum atomic E-state index is -0.317. The van der Waals surface area contributed by atoms with Gasteiger partial charge in [-0.2, -0.15) is 5.26 Å². The minimum Gasteiger partial charge on any atom is -0.390 e. The molecule has 0 amide bonds.